The van der Waals surface area contributed by atoms with Crippen molar-refractivity contribution in [3.63, 3.8) is 0 Å². The first-order chi connectivity index (χ1) is 21.8. The third-order valence-corrected chi connectivity index (χ3v) is 8.79. The molecule has 0 N–H and O–H groups in total. The highest BCUT2D eigenvalue weighted by Crippen LogP contribution is 2.41. The number of rotatable bonds is 4. The normalized spacial score (nSPS) is 11.6. The van der Waals surface area contributed by atoms with Gasteiger partial charge in [0.2, 0.25) is 0 Å². The zero-order valence-corrected chi connectivity index (χ0v) is 23.9. The standard InChI is InChI=1S/C41H27N3/c1-3-11-28(12-4-1)30-19-22-32(23-20-30)43-37-18-10-8-16-35(37)40-38(43)25-24-34-33-15-7-9-17-36(33)44(41(34)40)39-26-21-31(27-42-39)29-13-5-2-6-14-29/h1-27H. The lowest BCUT2D eigenvalue weighted by atomic mass is 10.1. The number of para-hydroxylation sites is 2. The van der Waals surface area contributed by atoms with E-state index in [2.05, 4.69) is 161 Å². The van der Waals surface area contributed by atoms with Crippen LogP contribution >= 0.6 is 0 Å². The molecule has 0 unspecified atom stereocenters. The molecule has 3 heteroatoms. The maximum atomic E-state index is 5.04. The summed E-state index contributed by atoms with van der Waals surface area (Å²) in [6, 6.07) is 56.2. The van der Waals surface area contributed by atoms with Crippen molar-refractivity contribution < 1.29 is 0 Å². The lowest BCUT2D eigenvalue weighted by Gasteiger charge is -2.11. The largest absolute Gasteiger partial charge is 0.309 e. The van der Waals surface area contributed by atoms with Gasteiger partial charge in [0.25, 0.3) is 0 Å². The molecule has 3 nitrogen and oxygen atoms in total. The minimum absolute atomic E-state index is 0.910. The fourth-order valence-electron chi connectivity index (χ4n) is 6.78. The van der Waals surface area contributed by atoms with E-state index in [1.54, 1.807) is 0 Å². The molecule has 44 heavy (non-hydrogen) atoms. The highest BCUT2D eigenvalue weighted by molar-refractivity contribution is 6.26. The van der Waals surface area contributed by atoms with Crippen molar-refractivity contribution in [1.29, 1.82) is 0 Å². The molecule has 3 aromatic heterocycles. The Kier molecular flexibility index (Phi) is 5.50. The molecule has 0 saturated heterocycles. The summed E-state index contributed by atoms with van der Waals surface area (Å²) in [6.45, 7) is 0. The van der Waals surface area contributed by atoms with E-state index in [4.69, 9.17) is 4.98 Å². The van der Waals surface area contributed by atoms with Gasteiger partial charge in [-0.15, -0.1) is 0 Å². The lowest BCUT2D eigenvalue weighted by Crippen LogP contribution is -1.98. The predicted octanol–water partition coefficient (Wildman–Crippen LogP) is 10.6. The molecule has 0 aliphatic carbocycles. The fourth-order valence-corrected chi connectivity index (χ4v) is 6.78. The van der Waals surface area contributed by atoms with Crippen molar-refractivity contribution >= 4 is 43.6 Å². The number of benzene rings is 6. The van der Waals surface area contributed by atoms with Crippen LogP contribution in [0.2, 0.25) is 0 Å². The summed E-state index contributed by atoms with van der Waals surface area (Å²) >= 11 is 0. The van der Waals surface area contributed by atoms with Crippen LogP contribution < -0.4 is 0 Å². The SMILES string of the molecule is c1ccc(-c2ccc(-n3c4ccccc4c4c3ccc3c5ccccc5n(-c5ccc(-c6ccccc6)cn5)c34)cc2)cc1. The average Bonchev–Trinajstić information content (AvgIpc) is 3.62. The van der Waals surface area contributed by atoms with Crippen molar-refractivity contribution in [3.8, 4) is 33.8 Å². The van der Waals surface area contributed by atoms with E-state index in [-0.39, 0.29) is 0 Å². The van der Waals surface area contributed by atoms with Crippen LogP contribution in [0.1, 0.15) is 0 Å². The second-order valence-electron chi connectivity index (χ2n) is 11.2. The Hall–Kier alpha value is -5.93. The summed E-state index contributed by atoms with van der Waals surface area (Å²) < 4.78 is 4.74. The summed E-state index contributed by atoms with van der Waals surface area (Å²) in [5, 5.41) is 4.91. The molecule has 0 saturated carbocycles. The zero-order valence-electron chi connectivity index (χ0n) is 23.9. The summed E-state index contributed by atoms with van der Waals surface area (Å²) in [5.41, 5.74) is 10.5. The first-order valence-corrected chi connectivity index (χ1v) is 15.0. The summed E-state index contributed by atoms with van der Waals surface area (Å²) in [5.74, 6) is 0.910. The number of aromatic nitrogens is 3. The van der Waals surface area contributed by atoms with Crippen LogP contribution in [0.3, 0.4) is 0 Å². The second-order valence-corrected chi connectivity index (χ2v) is 11.2. The molecule has 0 amide bonds. The van der Waals surface area contributed by atoms with Gasteiger partial charge in [0, 0.05) is 39.0 Å². The van der Waals surface area contributed by atoms with Gasteiger partial charge in [-0.25, -0.2) is 4.98 Å². The van der Waals surface area contributed by atoms with E-state index in [1.807, 2.05) is 12.3 Å². The molecule has 0 bridgehead atoms. The van der Waals surface area contributed by atoms with Gasteiger partial charge in [-0.3, -0.25) is 4.57 Å². The summed E-state index contributed by atoms with van der Waals surface area (Å²) in [4.78, 5) is 5.04. The quantitative estimate of drug-likeness (QED) is 0.210. The van der Waals surface area contributed by atoms with Crippen LogP contribution in [0.15, 0.2) is 164 Å². The highest BCUT2D eigenvalue weighted by Gasteiger charge is 2.21. The van der Waals surface area contributed by atoms with Crippen LogP contribution in [0, 0.1) is 0 Å². The van der Waals surface area contributed by atoms with Gasteiger partial charge >= 0.3 is 0 Å². The molecule has 6 aromatic carbocycles. The summed E-state index contributed by atoms with van der Waals surface area (Å²) in [7, 11) is 0. The molecule has 0 fully saturated rings. The van der Waals surface area contributed by atoms with E-state index < -0.39 is 0 Å². The van der Waals surface area contributed by atoms with Crippen molar-refractivity contribution in [3.05, 3.63) is 164 Å². The topological polar surface area (TPSA) is 22.8 Å². The highest BCUT2D eigenvalue weighted by atomic mass is 15.1. The molecule has 0 atom stereocenters. The first-order valence-electron chi connectivity index (χ1n) is 15.0. The number of hydrogen-bond donors (Lipinski definition) is 0. The monoisotopic (exact) mass is 561 g/mol. The van der Waals surface area contributed by atoms with Gasteiger partial charge in [0.15, 0.2) is 0 Å². The van der Waals surface area contributed by atoms with Crippen LogP contribution in [0.4, 0.5) is 0 Å². The van der Waals surface area contributed by atoms with E-state index >= 15 is 0 Å². The van der Waals surface area contributed by atoms with E-state index in [9.17, 15) is 0 Å². The lowest BCUT2D eigenvalue weighted by molar-refractivity contribution is 1.08. The number of pyridine rings is 1. The molecule has 0 aliphatic rings. The molecular weight excluding hydrogens is 534 g/mol. The smallest absolute Gasteiger partial charge is 0.137 e. The Labute approximate surface area is 254 Å². The Morgan fingerprint density at radius 1 is 0.364 bits per heavy atom. The number of nitrogens with zero attached hydrogens (tertiary/aromatic N) is 3. The van der Waals surface area contributed by atoms with E-state index in [1.165, 1.54) is 49.2 Å². The van der Waals surface area contributed by atoms with Gasteiger partial charge in [-0.05, 0) is 59.2 Å². The minimum atomic E-state index is 0.910. The van der Waals surface area contributed by atoms with Crippen LogP contribution in [-0.2, 0) is 0 Å². The minimum Gasteiger partial charge on any atom is -0.309 e. The van der Waals surface area contributed by atoms with E-state index in [0.717, 1.165) is 28.1 Å². The van der Waals surface area contributed by atoms with Gasteiger partial charge in [-0.1, -0.05) is 115 Å². The van der Waals surface area contributed by atoms with Gasteiger partial charge in [-0.2, -0.15) is 0 Å². The van der Waals surface area contributed by atoms with Crippen LogP contribution in [0.25, 0.3) is 77.4 Å². The Morgan fingerprint density at radius 3 is 1.61 bits per heavy atom. The third kappa shape index (κ3) is 3.73. The Morgan fingerprint density at radius 2 is 0.932 bits per heavy atom. The van der Waals surface area contributed by atoms with Crippen LogP contribution in [0.5, 0.6) is 0 Å². The average molecular weight is 562 g/mol. The van der Waals surface area contributed by atoms with Crippen LogP contribution in [-0.4, -0.2) is 14.1 Å². The molecule has 9 aromatic rings. The molecule has 0 spiro atoms. The van der Waals surface area contributed by atoms with Gasteiger partial charge in [0.05, 0.1) is 22.1 Å². The van der Waals surface area contributed by atoms with Gasteiger partial charge < -0.3 is 4.57 Å². The predicted molar refractivity (Wildman–Crippen MR) is 184 cm³/mol. The Bertz CT molecular complexity index is 2450. The Balaban J connectivity index is 1.32. The summed E-state index contributed by atoms with van der Waals surface area (Å²) in [6.07, 6.45) is 1.99. The maximum absolute atomic E-state index is 5.04. The zero-order chi connectivity index (χ0) is 29.0. The second kappa shape index (κ2) is 9.82. The fraction of sp³-hybridized carbons (Fsp3) is 0. The molecular formula is C41H27N3. The molecule has 0 radical (unpaired) electrons. The molecule has 9 rings (SSSR count). The van der Waals surface area contributed by atoms with Gasteiger partial charge in [0.1, 0.15) is 5.82 Å². The molecule has 3 heterocycles. The van der Waals surface area contributed by atoms with Crippen molar-refractivity contribution in [2.75, 3.05) is 0 Å². The van der Waals surface area contributed by atoms with Crippen molar-refractivity contribution in [2.45, 2.75) is 0 Å². The number of fused-ring (bicyclic) bond motifs is 7. The number of hydrogen-bond acceptors (Lipinski definition) is 1. The third-order valence-electron chi connectivity index (χ3n) is 8.79. The maximum Gasteiger partial charge on any atom is 0.137 e. The van der Waals surface area contributed by atoms with Crippen molar-refractivity contribution in [1.82, 2.24) is 14.1 Å². The molecule has 0 aliphatic heterocycles. The molecule has 206 valence electrons. The van der Waals surface area contributed by atoms with Crippen molar-refractivity contribution in [2.24, 2.45) is 0 Å². The first kappa shape index (κ1) is 24.6. The van der Waals surface area contributed by atoms with E-state index in [0.29, 0.717) is 0 Å².